The number of dihydropyridines is 1. The molecule has 6 nitrogen and oxygen atoms in total. The van der Waals surface area contributed by atoms with Crippen molar-refractivity contribution in [2.24, 2.45) is 5.92 Å². The van der Waals surface area contributed by atoms with Crippen molar-refractivity contribution >= 4 is 17.7 Å². The van der Waals surface area contributed by atoms with Gasteiger partial charge in [0.25, 0.3) is 5.91 Å². The van der Waals surface area contributed by atoms with Crippen LogP contribution in [0.15, 0.2) is 23.9 Å². The largest absolute Gasteiger partial charge is 0.387 e. The number of rotatable bonds is 5. The Kier molecular flexibility index (Phi) is 4.47. The van der Waals surface area contributed by atoms with E-state index in [2.05, 4.69) is 5.32 Å². The first-order valence-corrected chi connectivity index (χ1v) is 8.77. The molecule has 130 valence electrons. The molecule has 1 N–H and O–H groups in total. The van der Waals surface area contributed by atoms with E-state index in [0.29, 0.717) is 18.7 Å². The summed E-state index contributed by atoms with van der Waals surface area (Å²) in [7, 11) is 0. The molecule has 0 bridgehead atoms. The highest BCUT2D eigenvalue weighted by Gasteiger charge is 2.57. The molecule has 0 aromatic rings. The fraction of sp³-hybridized carbons (Fsp3) is 0.611. The van der Waals surface area contributed by atoms with Gasteiger partial charge < -0.3 is 10.2 Å². The van der Waals surface area contributed by atoms with E-state index in [9.17, 15) is 14.4 Å². The second-order valence-corrected chi connectivity index (χ2v) is 6.88. The van der Waals surface area contributed by atoms with Crippen LogP contribution in [0, 0.1) is 5.92 Å². The van der Waals surface area contributed by atoms with Crippen molar-refractivity contribution in [2.45, 2.75) is 45.1 Å². The van der Waals surface area contributed by atoms with E-state index in [4.69, 9.17) is 0 Å². The SMILES string of the molecule is CCN1C(=O)N(CC(=O)C2=CNCC=C2)C(=O)C1(C)C1CCCC1. The van der Waals surface area contributed by atoms with Crippen molar-refractivity contribution in [3.63, 3.8) is 0 Å². The number of ketones is 1. The van der Waals surface area contributed by atoms with Gasteiger partial charge in [-0.05, 0) is 32.6 Å². The van der Waals surface area contributed by atoms with E-state index in [-0.39, 0.29) is 30.2 Å². The molecule has 0 radical (unpaired) electrons. The Bertz CT molecular complexity index is 619. The van der Waals surface area contributed by atoms with Gasteiger partial charge in [-0.3, -0.25) is 14.5 Å². The lowest BCUT2D eigenvalue weighted by Gasteiger charge is -2.36. The molecule has 1 unspecified atom stereocenters. The molecule has 0 aromatic carbocycles. The third kappa shape index (κ3) is 2.54. The van der Waals surface area contributed by atoms with Gasteiger partial charge in [-0.1, -0.05) is 25.0 Å². The number of hydrogen-bond acceptors (Lipinski definition) is 4. The van der Waals surface area contributed by atoms with Crippen molar-refractivity contribution < 1.29 is 14.4 Å². The highest BCUT2D eigenvalue weighted by atomic mass is 16.2. The molecule has 3 amide bonds. The molecule has 0 aromatic heterocycles. The quantitative estimate of drug-likeness (QED) is 0.780. The Balaban J connectivity index is 1.82. The summed E-state index contributed by atoms with van der Waals surface area (Å²) in [5.41, 5.74) is -0.308. The van der Waals surface area contributed by atoms with Gasteiger partial charge in [0.2, 0.25) is 0 Å². The first-order valence-electron chi connectivity index (χ1n) is 8.77. The zero-order valence-electron chi connectivity index (χ0n) is 14.4. The van der Waals surface area contributed by atoms with Crippen molar-refractivity contribution in [2.75, 3.05) is 19.6 Å². The Labute approximate surface area is 142 Å². The first-order chi connectivity index (χ1) is 11.5. The summed E-state index contributed by atoms with van der Waals surface area (Å²) in [4.78, 5) is 41.1. The number of nitrogens with one attached hydrogen (secondary N) is 1. The molecule has 1 saturated carbocycles. The van der Waals surface area contributed by atoms with Gasteiger partial charge in [0.05, 0.1) is 6.54 Å². The standard InChI is InChI=1S/C18H25N3O3/c1-3-21-17(24)20(12-15(22)13-7-6-10-19-11-13)16(23)18(21,2)14-8-4-5-9-14/h6-7,11,14,19H,3-5,8-10,12H2,1-2H3. The topological polar surface area (TPSA) is 69.7 Å². The highest BCUT2D eigenvalue weighted by Crippen LogP contribution is 2.42. The number of nitrogens with zero attached hydrogens (tertiary/aromatic N) is 2. The summed E-state index contributed by atoms with van der Waals surface area (Å²) in [6.45, 7) is 4.74. The number of hydrogen-bond donors (Lipinski definition) is 1. The molecular weight excluding hydrogens is 306 g/mol. The van der Waals surface area contributed by atoms with Gasteiger partial charge in [-0.15, -0.1) is 0 Å². The monoisotopic (exact) mass is 331 g/mol. The molecule has 0 spiro atoms. The summed E-state index contributed by atoms with van der Waals surface area (Å²) >= 11 is 0. The predicted molar refractivity (Wildman–Crippen MR) is 90.1 cm³/mol. The fourth-order valence-corrected chi connectivity index (χ4v) is 4.19. The van der Waals surface area contributed by atoms with Crippen LogP contribution in [0.4, 0.5) is 4.79 Å². The Hall–Kier alpha value is -2.11. The number of likely N-dealkylation sites (N-methyl/N-ethyl adjacent to an activating group) is 1. The molecule has 2 heterocycles. The number of imide groups is 1. The van der Waals surface area contributed by atoms with Crippen molar-refractivity contribution in [3.05, 3.63) is 23.9 Å². The van der Waals surface area contributed by atoms with Crippen LogP contribution in [0.25, 0.3) is 0 Å². The third-order valence-corrected chi connectivity index (χ3v) is 5.58. The van der Waals surface area contributed by atoms with E-state index in [1.54, 1.807) is 17.2 Å². The van der Waals surface area contributed by atoms with Gasteiger partial charge in [0, 0.05) is 24.9 Å². The normalized spacial score (nSPS) is 27.7. The van der Waals surface area contributed by atoms with Gasteiger partial charge >= 0.3 is 6.03 Å². The lowest BCUT2D eigenvalue weighted by molar-refractivity contribution is -0.136. The molecule has 6 heteroatoms. The summed E-state index contributed by atoms with van der Waals surface area (Å²) < 4.78 is 0. The van der Waals surface area contributed by atoms with E-state index < -0.39 is 5.54 Å². The maximum atomic E-state index is 13.1. The van der Waals surface area contributed by atoms with Crippen LogP contribution in [0.3, 0.4) is 0 Å². The Morgan fingerprint density at radius 1 is 1.33 bits per heavy atom. The third-order valence-electron chi connectivity index (χ3n) is 5.58. The molecule has 2 aliphatic heterocycles. The average Bonchev–Trinajstić information content (AvgIpc) is 3.19. The Morgan fingerprint density at radius 3 is 2.62 bits per heavy atom. The number of carbonyl (C=O) groups excluding carboxylic acids is 3. The van der Waals surface area contributed by atoms with Crippen molar-refractivity contribution in [1.29, 1.82) is 0 Å². The van der Waals surface area contributed by atoms with E-state index in [0.717, 1.165) is 30.6 Å². The average molecular weight is 331 g/mol. The van der Waals surface area contributed by atoms with E-state index in [1.165, 1.54) is 0 Å². The number of allylic oxidation sites excluding steroid dienone is 1. The smallest absolute Gasteiger partial charge is 0.328 e. The van der Waals surface area contributed by atoms with Crippen LogP contribution >= 0.6 is 0 Å². The van der Waals surface area contributed by atoms with Gasteiger partial charge in [-0.25, -0.2) is 4.79 Å². The second-order valence-electron chi connectivity index (χ2n) is 6.88. The number of carbonyl (C=O) groups is 3. The molecule has 1 atom stereocenters. The number of urea groups is 1. The van der Waals surface area contributed by atoms with Gasteiger partial charge in [-0.2, -0.15) is 0 Å². The minimum absolute atomic E-state index is 0.185. The van der Waals surface area contributed by atoms with Crippen molar-refractivity contribution in [3.8, 4) is 0 Å². The van der Waals surface area contributed by atoms with Crippen LogP contribution in [0.5, 0.6) is 0 Å². The van der Waals surface area contributed by atoms with Crippen molar-refractivity contribution in [1.82, 2.24) is 15.1 Å². The maximum Gasteiger partial charge on any atom is 0.328 e. The fourth-order valence-electron chi connectivity index (χ4n) is 4.19. The summed E-state index contributed by atoms with van der Waals surface area (Å²) in [6.07, 6.45) is 9.35. The first kappa shape index (κ1) is 16.7. The second kappa shape index (κ2) is 6.42. The molecule has 1 aliphatic carbocycles. The zero-order chi connectivity index (χ0) is 17.3. The van der Waals surface area contributed by atoms with E-state index >= 15 is 0 Å². The van der Waals surface area contributed by atoms with Gasteiger partial charge in [0.15, 0.2) is 5.78 Å². The maximum absolute atomic E-state index is 13.1. The number of Topliss-reactive ketones (excluding diaryl/α,β-unsaturated/α-hetero) is 1. The summed E-state index contributed by atoms with van der Waals surface area (Å²) in [5, 5.41) is 2.98. The molecular formula is C18H25N3O3. The van der Waals surface area contributed by atoms with Crippen LogP contribution in [0.2, 0.25) is 0 Å². The van der Waals surface area contributed by atoms with Crippen LogP contribution < -0.4 is 5.32 Å². The summed E-state index contributed by atoms with van der Waals surface area (Å²) in [6, 6.07) is -0.335. The minimum atomic E-state index is -0.808. The lowest BCUT2D eigenvalue weighted by Crippen LogP contribution is -2.52. The highest BCUT2D eigenvalue weighted by molar-refractivity contribution is 6.11. The predicted octanol–water partition coefficient (Wildman–Crippen LogP) is 1.83. The molecule has 3 aliphatic rings. The lowest BCUT2D eigenvalue weighted by atomic mass is 9.83. The zero-order valence-corrected chi connectivity index (χ0v) is 14.4. The number of amides is 3. The van der Waals surface area contributed by atoms with Gasteiger partial charge in [0.1, 0.15) is 5.54 Å². The van der Waals surface area contributed by atoms with E-state index in [1.807, 2.05) is 19.9 Å². The molecule has 2 fully saturated rings. The molecule has 3 rings (SSSR count). The summed E-state index contributed by atoms with van der Waals surface area (Å²) in [5.74, 6) is -0.251. The molecule has 1 saturated heterocycles. The van der Waals surface area contributed by atoms with Crippen LogP contribution in [-0.4, -0.2) is 52.7 Å². The van der Waals surface area contributed by atoms with Crippen LogP contribution in [0.1, 0.15) is 39.5 Å². The minimum Gasteiger partial charge on any atom is -0.387 e. The Morgan fingerprint density at radius 2 is 2.04 bits per heavy atom. The molecule has 24 heavy (non-hydrogen) atoms. The van der Waals surface area contributed by atoms with Crippen LogP contribution in [-0.2, 0) is 9.59 Å².